The quantitative estimate of drug-likeness (QED) is 0.348. The lowest BCUT2D eigenvalue weighted by atomic mass is 9.70. The third-order valence-electron chi connectivity index (χ3n) is 8.48. The predicted octanol–water partition coefficient (Wildman–Crippen LogP) is 6.02. The number of carbonyl (C=O) groups excluding carboxylic acids is 2. The van der Waals surface area contributed by atoms with Crippen molar-refractivity contribution in [3.63, 3.8) is 0 Å². The summed E-state index contributed by atoms with van der Waals surface area (Å²) in [7, 11) is 0. The van der Waals surface area contributed by atoms with Gasteiger partial charge in [0.1, 0.15) is 12.7 Å². The molecule has 0 spiro atoms. The van der Waals surface area contributed by atoms with E-state index in [-0.39, 0.29) is 43.1 Å². The predicted molar refractivity (Wildman–Crippen MR) is 144 cm³/mol. The van der Waals surface area contributed by atoms with Gasteiger partial charge in [-0.15, -0.1) is 0 Å². The summed E-state index contributed by atoms with van der Waals surface area (Å²) in [6.45, 7) is 17.0. The lowest BCUT2D eigenvalue weighted by Gasteiger charge is -2.36. The van der Waals surface area contributed by atoms with E-state index < -0.39 is 6.10 Å². The first-order valence-corrected chi connectivity index (χ1v) is 14.6. The van der Waals surface area contributed by atoms with Crippen molar-refractivity contribution in [1.82, 2.24) is 0 Å². The summed E-state index contributed by atoms with van der Waals surface area (Å²) >= 11 is 0. The molecule has 8 atom stereocenters. The zero-order chi connectivity index (χ0) is 27.4. The largest absolute Gasteiger partial charge is 0.463 e. The van der Waals surface area contributed by atoms with Crippen LogP contribution in [0.3, 0.4) is 0 Å². The summed E-state index contributed by atoms with van der Waals surface area (Å²) in [4.78, 5) is 24.4. The average molecular weight is 513 g/mol. The van der Waals surface area contributed by atoms with E-state index in [0.29, 0.717) is 48.3 Å². The van der Waals surface area contributed by atoms with Crippen molar-refractivity contribution in [2.24, 2.45) is 47.3 Å². The van der Waals surface area contributed by atoms with Crippen LogP contribution in [0.5, 0.6) is 0 Å². The molecule has 0 aliphatic heterocycles. The van der Waals surface area contributed by atoms with Gasteiger partial charge in [-0.2, -0.15) is 0 Å². The highest BCUT2D eigenvalue weighted by Crippen LogP contribution is 2.39. The maximum Gasteiger partial charge on any atom is 0.309 e. The minimum atomic E-state index is -0.521. The molecule has 6 heteroatoms. The molecular formula is C30H56O6. The molecule has 0 radical (unpaired) electrons. The van der Waals surface area contributed by atoms with E-state index in [9.17, 15) is 14.7 Å². The lowest BCUT2D eigenvalue weighted by molar-refractivity contribution is -0.161. The normalized spacial score (nSPS) is 30.2. The summed E-state index contributed by atoms with van der Waals surface area (Å²) in [5.74, 6) is 2.97. The van der Waals surface area contributed by atoms with Crippen molar-refractivity contribution in [2.45, 2.75) is 119 Å². The third kappa shape index (κ3) is 10.7. The van der Waals surface area contributed by atoms with Gasteiger partial charge in [0.25, 0.3) is 0 Å². The van der Waals surface area contributed by atoms with Crippen molar-refractivity contribution in [2.75, 3.05) is 13.2 Å². The maximum atomic E-state index is 12.3. The van der Waals surface area contributed by atoms with Gasteiger partial charge in [-0.1, -0.05) is 68.2 Å². The van der Waals surface area contributed by atoms with E-state index in [1.165, 1.54) is 12.8 Å². The molecule has 0 aromatic carbocycles. The highest BCUT2D eigenvalue weighted by molar-refractivity contribution is 5.73. The second-order valence-electron chi connectivity index (χ2n) is 12.2. The van der Waals surface area contributed by atoms with Crippen LogP contribution in [0.25, 0.3) is 0 Å². The Morgan fingerprint density at radius 3 is 1.67 bits per heavy atom. The molecule has 0 saturated heterocycles. The Labute approximate surface area is 220 Å². The fourth-order valence-corrected chi connectivity index (χ4v) is 5.85. The number of aliphatic hydroxyl groups excluding tert-OH is 2. The summed E-state index contributed by atoms with van der Waals surface area (Å²) in [5.41, 5.74) is 0. The fourth-order valence-electron chi connectivity index (χ4n) is 5.85. The molecule has 2 aliphatic carbocycles. The minimum Gasteiger partial charge on any atom is -0.463 e. The van der Waals surface area contributed by atoms with Crippen molar-refractivity contribution in [3.8, 4) is 0 Å². The van der Waals surface area contributed by atoms with Crippen LogP contribution in [0.1, 0.15) is 107 Å². The van der Waals surface area contributed by atoms with Crippen molar-refractivity contribution < 1.29 is 29.3 Å². The van der Waals surface area contributed by atoms with Crippen molar-refractivity contribution in [3.05, 3.63) is 0 Å². The zero-order valence-electron chi connectivity index (χ0n) is 24.4. The van der Waals surface area contributed by atoms with Crippen LogP contribution >= 0.6 is 0 Å². The molecule has 212 valence electrons. The van der Waals surface area contributed by atoms with Crippen LogP contribution in [-0.2, 0) is 19.1 Å². The van der Waals surface area contributed by atoms with Gasteiger partial charge in [0, 0.05) is 0 Å². The van der Waals surface area contributed by atoms with Crippen LogP contribution in [-0.4, -0.2) is 47.6 Å². The van der Waals surface area contributed by atoms with Gasteiger partial charge in [0.15, 0.2) is 0 Å². The summed E-state index contributed by atoms with van der Waals surface area (Å²) in [5, 5.41) is 18.6. The SMILES string of the molecule is CCC(CO)OC(=O)C1CC(C)CCC1C(C)C.CCC(O)COC(=O)C1CC(C)CCC1C(C)C. The van der Waals surface area contributed by atoms with Gasteiger partial charge in [-0.3, -0.25) is 9.59 Å². The van der Waals surface area contributed by atoms with E-state index in [1.807, 2.05) is 13.8 Å². The second-order valence-corrected chi connectivity index (χ2v) is 12.2. The molecule has 2 N–H and O–H groups in total. The van der Waals surface area contributed by atoms with E-state index >= 15 is 0 Å². The maximum absolute atomic E-state index is 12.3. The van der Waals surface area contributed by atoms with Crippen molar-refractivity contribution >= 4 is 11.9 Å². The Kier molecular flexibility index (Phi) is 15.2. The molecule has 36 heavy (non-hydrogen) atoms. The van der Waals surface area contributed by atoms with E-state index in [0.717, 1.165) is 25.7 Å². The van der Waals surface area contributed by atoms with Crippen LogP contribution in [0.4, 0.5) is 0 Å². The van der Waals surface area contributed by atoms with Gasteiger partial charge in [-0.25, -0.2) is 0 Å². The number of hydrogen-bond acceptors (Lipinski definition) is 6. The Hall–Kier alpha value is -1.14. The first-order valence-electron chi connectivity index (χ1n) is 14.6. The van der Waals surface area contributed by atoms with Gasteiger partial charge >= 0.3 is 11.9 Å². The number of hydrogen-bond donors (Lipinski definition) is 2. The first-order chi connectivity index (χ1) is 16.9. The van der Waals surface area contributed by atoms with Crippen molar-refractivity contribution in [1.29, 1.82) is 0 Å². The molecular weight excluding hydrogens is 456 g/mol. The monoisotopic (exact) mass is 512 g/mol. The number of carbonyl (C=O) groups is 2. The number of aliphatic hydroxyl groups is 2. The van der Waals surface area contributed by atoms with Gasteiger partial charge < -0.3 is 19.7 Å². The molecule has 0 amide bonds. The molecule has 0 aromatic rings. The highest BCUT2D eigenvalue weighted by atomic mass is 16.6. The minimum absolute atomic E-state index is 0.0225. The number of rotatable bonds is 10. The lowest BCUT2D eigenvalue weighted by Crippen LogP contribution is -2.36. The Morgan fingerprint density at radius 1 is 0.806 bits per heavy atom. The first kappa shape index (κ1) is 32.9. The topological polar surface area (TPSA) is 93.1 Å². The van der Waals surface area contributed by atoms with Crippen LogP contribution < -0.4 is 0 Å². The average Bonchev–Trinajstić information content (AvgIpc) is 2.85. The third-order valence-corrected chi connectivity index (χ3v) is 8.48. The summed E-state index contributed by atoms with van der Waals surface area (Å²) in [6.07, 6.45) is 6.99. The molecule has 0 aromatic heterocycles. The molecule has 2 aliphatic rings. The smallest absolute Gasteiger partial charge is 0.309 e. The number of ether oxygens (including phenoxy) is 2. The fraction of sp³-hybridized carbons (Fsp3) is 0.933. The standard InChI is InChI=1S/2C15H28O3/c1-5-12(16)9-18-15(17)14-8-11(4)6-7-13(14)10(2)3;1-5-12(9-16)18-15(17)14-8-11(4)6-7-13(14)10(2)3/h2*10-14,16H,5-9H2,1-4H3. The number of esters is 2. The van der Waals surface area contributed by atoms with Crippen LogP contribution in [0, 0.1) is 47.3 Å². The second kappa shape index (κ2) is 16.7. The molecule has 2 saturated carbocycles. The van der Waals surface area contributed by atoms with Gasteiger partial charge in [-0.05, 0) is 74.0 Å². The molecule has 0 bridgehead atoms. The van der Waals surface area contributed by atoms with Crippen LogP contribution in [0.15, 0.2) is 0 Å². The van der Waals surface area contributed by atoms with E-state index in [2.05, 4.69) is 41.5 Å². The van der Waals surface area contributed by atoms with E-state index in [1.54, 1.807) is 0 Å². The van der Waals surface area contributed by atoms with E-state index in [4.69, 9.17) is 14.6 Å². The highest BCUT2D eigenvalue weighted by Gasteiger charge is 2.38. The Bertz CT molecular complexity index is 629. The molecule has 2 fully saturated rings. The van der Waals surface area contributed by atoms with Gasteiger partial charge in [0.2, 0.25) is 0 Å². The Morgan fingerprint density at radius 2 is 1.28 bits per heavy atom. The molecule has 2 rings (SSSR count). The summed E-state index contributed by atoms with van der Waals surface area (Å²) in [6, 6.07) is 0. The van der Waals surface area contributed by atoms with Gasteiger partial charge in [0.05, 0.1) is 24.5 Å². The zero-order valence-corrected chi connectivity index (χ0v) is 24.4. The summed E-state index contributed by atoms with van der Waals surface area (Å²) < 4.78 is 10.7. The molecule has 6 nitrogen and oxygen atoms in total. The molecule has 8 unspecified atom stereocenters. The van der Waals surface area contributed by atoms with Crippen LogP contribution in [0.2, 0.25) is 0 Å². The Balaban J connectivity index is 0.000000360. The molecule has 0 heterocycles.